The van der Waals surface area contributed by atoms with E-state index in [0.29, 0.717) is 28.5 Å². The molecular weight excluding hydrogens is 398 g/mol. The van der Waals surface area contributed by atoms with Gasteiger partial charge in [-0.2, -0.15) is 9.50 Å². The molecule has 5 rings (SSSR count). The van der Waals surface area contributed by atoms with E-state index in [0.717, 1.165) is 34.6 Å². The fraction of sp³-hybridized carbons (Fsp3) is 0.174. The molecule has 3 heterocycles. The third-order valence-electron chi connectivity index (χ3n) is 4.74. The maximum absolute atomic E-state index is 12.8. The van der Waals surface area contributed by atoms with Gasteiger partial charge in [0.25, 0.3) is 5.56 Å². The highest BCUT2D eigenvalue weighted by molar-refractivity contribution is 7.15. The molecule has 0 fully saturated rings. The van der Waals surface area contributed by atoms with Gasteiger partial charge in [0, 0.05) is 11.1 Å². The van der Waals surface area contributed by atoms with Crippen molar-refractivity contribution in [2.45, 2.75) is 13.3 Å². The number of ether oxygens (including phenoxy) is 2. The smallest absolute Gasteiger partial charge is 0.291 e. The van der Waals surface area contributed by atoms with Gasteiger partial charge >= 0.3 is 0 Å². The Labute approximate surface area is 176 Å². The zero-order chi connectivity index (χ0) is 20.5. The van der Waals surface area contributed by atoms with Crippen LogP contribution in [0.2, 0.25) is 0 Å². The van der Waals surface area contributed by atoms with Crippen molar-refractivity contribution in [2.75, 3.05) is 13.2 Å². The first-order valence-electron chi connectivity index (χ1n) is 9.78. The molecule has 0 spiro atoms. The van der Waals surface area contributed by atoms with E-state index >= 15 is 0 Å². The number of fused-ring (bicyclic) bond motifs is 2. The van der Waals surface area contributed by atoms with Crippen LogP contribution in [0.5, 0.6) is 11.5 Å². The van der Waals surface area contributed by atoms with Gasteiger partial charge < -0.3 is 9.47 Å². The van der Waals surface area contributed by atoms with Crippen LogP contribution in [0.25, 0.3) is 28.5 Å². The summed E-state index contributed by atoms with van der Waals surface area (Å²) in [5.41, 5.74) is 2.63. The second-order valence-corrected chi connectivity index (χ2v) is 7.97. The van der Waals surface area contributed by atoms with E-state index in [4.69, 9.17) is 9.47 Å². The lowest BCUT2D eigenvalue weighted by Gasteiger charge is -2.15. The van der Waals surface area contributed by atoms with Crippen molar-refractivity contribution in [3.63, 3.8) is 0 Å². The molecule has 0 saturated heterocycles. The quantitative estimate of drug-likeness (QED) is 0.497. The van der Waals surface area contributed by atoms with Crippen molar-refractivity contribution in [1.29, 1.82) is 0 Å². The summed E-state index contributed by atoms with van der Waals surface area (Å²) >= 11 is 1.33. The molecular formula is C23H19N3O3S. The molecule has 0 aliphatic carbocycles. The van der Waals surface area contributed by atoms with E-state index in [2.05, 4.69) is 17.0 Å². The summed E-state index contributed by atoms with van der Waals surface area (Å²) in [6.07, 6.45) is 4.86. The summed E-state index contributed by atoms with van der Waals surface area (Å²) in [7, 11) is 0. The molecule has 1 aliphatic heterocycles. The SMILES string of the molecule is CCCOc1ccc(-c2nc3sc(=CC4=Cc5ccccc5OC4)c(=O)n3n2)cc1. The number of hydrogen-bond donors (Lipinski definition) is 0. The van der Waals surface area contributed by atoms with Gasteiger partial charge in [0.15, 0.2) is 5.82 Å². The Morgan fingerprint density at radius 2 is 2.03 bits per heavy atom. The van der Waals surface area contributed by atoms with Crippen molar-refractivity contribution in [3.8, 4) is 22.9 Å². The van der Waals surface area contributed by atoms with Crippen molar-refractivity contribution >= 4 is 28.4 Å². The highest BCUT2D eigenvalue weighted by Crippen LogP contribution is 2.26. The van der Waals surface area contributed by atoms with Gasteiger partial charge in [-0.15, -0.1) is 5.10 Å². The van der Waals surface area contributed by atoms with Gasteiger partial charge in [-0.05, 0) is 54.5 Å². The normalized spacial score (nSPS) is 13.8. The summed E-state index contributed by atoms with van der Waals surface area (Å²) in [6.45, 7) is 3.19. The number of aromatic nitrogens is 3. The van der Waals surface area contributed by atoms with Crippen molar-refractivity contribution < 1.29 is 9.47 Å². The third-order valence-corrected chi connectivity index (χ3v) is 5.70. The molecule has 30 heavy (non-hydrogen) atoms. The molecule has 0 bridgehead atoms. The van der Waals surface area contributed by atoms with Crippen LogP contribution >= 0.6 is 11.3 Å². The lowest BCUT2D eigenvalue weighted by Crippen LogP contribution is -2.24. The summed E-state index contributed by atoms with van der Waals surface area (Å²) in [6, 6.07) is 15.4. The fourth-order valence-corrected chi connectivity index (χ4v) is 4.18. The minimum Gasteiger partial charge on any atom is -0.494 e. The second kappa shape index (κ2) is 7.76. The Morgan fingerprint density at radius 3 is 2.83 bits per heavy atom. The number of rotatable bonds is 5. The molecule has 1 aliphatic rings. The predicted octanol–water partition coefficient (Wildman–Crippen LogP) is 3.58. The molecule has 0 unspecified atom stereocenters. The van der Waals surface area contributed by atoms with Gasteiger partial charge in [-0.3, -0.25) is 4.79 Å². The molecule has 6 nitrogen and oxygen atoms in total. The van der Waals surface area contributed by atoms with Crippen molar-refractivity contribution in [1.82, 2.24) is 14.6 Å². The first kappa shape index (κ1) is 18.6. The Hall–Kier alpha value is -3.45. The fourth-order valence-electron chi connectivity index (χ4n) is 3.26. The van der Waals surface area contributed by atoms with Gasteiger partial charge in [-0.25, -0.2) is 0 Å². The summed E-state index contributed by atoms with van der Waals surface area (Å²) in [4.78, 5) is 17.9. The largest absolute Gasteiger partial charge is 0.494 e. The summed E-state index contributed by atoms with van der Waals surface area (Å²) in [5, 5.41) is 4.42. The number of hydrogen-bond acceptors (Lipinski definition) is 6. The Morgan fingerprint density at radius 1 is 1.20 bits per heavy atom. The number of benzene rings is 2. The van der Waals surface area contributed by atoms with E-state index in [-0.39, 0.29) is 5.56 Å². The molecule has 2 aromatic carbocycles. The van der Waals surface area contributed by atoms with E-state index in [9.17, 15) is 4.79 Å². The molecule has 2 aromatic heterocycles. The van der Waals surface area contributed by atoms with Crippen LogP contribution in [0, 0.1) is 0 Å². The van der Waals surface area contributed by atoms with E-state index in [1.807, 2.05) is 60.7 Å². The van der Waals surface area contributed by atoms with E-state index < -0.39 is 0 Å². The van der Waals surface area contributed by atoms with Crippen molar-refractivity contribution in [2.24, 2.45) is 0 Å². The van der Waals surface area contributed by atoms with Crippen LogP contribution < -0.4 is 19.6 Å². The first-order chi connectivity index (χ1) is 14.7. The number of thiazole rings is 1. The molecule has 0 radical (unpaired) electrons. The first-order valence-corrected chi connectivity index (χ1v) is 10.6. The van der Waals surface area contributed by atoms with Crippen LogP contribution in [-0.2, 0) is 0 Å². The minimum absolute atomic E-state index is 0.170. The van der Waals surface area contributed by atoms with E-state index in [1.54, 1.807) is 0 Å². The average Bonchev–Trinajstić information content (AvgIpc) is 3.32. The topological polar surface area (TPSA) is 65.7 Å². The maximum atomic E-state index is 12.8. The van der Waals surface area contributed by atoms with Crippen molar-refractivity contribution in [3.05, 3.63) is 74.6 Å². The van der Waals surface area contributed by atoms with Gasteiger partial charge in [0.05, 0.1) is 11.1 Å². The molecule has 0 saturated carbocycles. The number of nitrogens with zero attached hydrogens (tertiary/aromatic N) is 3. The monoisotopic (exact) mass is 417 g/mol. The Bertz CT molecular complexity index is 1350. The molecule has 7 heteroatoms. The highest BCUT2D eigenvalue weighted by Gasteiger charge is 2.14. The Kier molecular flexibility index (Phi) is 4.80. The average molecular weight is 417 g/mol. The zero-order valence-corrected chi connectivity index (χ0v) is 17.2. The van der Waals surface area contributed by atoms with E-state index in [1.165, 1.54) is 15.9 Å². The van der Waals surface area contributed by atoms with Gasteiger partial charge in [0.2, 0.25) is 4.96 Å². The predicted molar refractivity (Wildman–Crippen MR) is 118 cm³/mol. The number of para-hydroxylation sites is 1. The lowest BCUT2D eigenvalue weighted by molar-refractivity contribution is 0.317. The molecule has 4 aromatic rings. The molecule has 0 N–H and O–H groups in total. The molecule has 0 amide bonds. The van der Waals surface area contributed by atoms with Crippen LogP contribution in [-0.4, -0.2) is 27.8 Å². The van der Waals surface area contributed by atoms with Crippen LogP contribution in [0.1, 0.15) is 18.9 Å². The minimum atomic E-state index is -0.170. The molecule has 0 atom stereocenters. The third kappa shape index (κ3) is 3.48. The second-order valence-electron chi connectivity index (χ2n) is 6.96. The summed E-state index contributed by atoms with van der Waals surface area (Å²) < 4.78 is 13.3. The van der Waals surface area contributed by atoms with Crippen LogP contribution in [0.15, 0.2) is 58.9 Å². The van der Waals surface area contributed by atoms with Gasteiger partial charge in [-0.1, -0.05) is 36.5 Å². The molecule has 150 valence electrons. The summed E-state index contributed by atoms with van der Waals surface area (Å²) in [5.74, 6) is 2.20. The van der Waals surface area contributed by atoms with Crippen LogP contribution in [0.4, 0.5) is 0 Å². The van der Waals surface area contributed by atoms with Crippen LogP contribution in [0.3, 0.4) is 0 Å². The highest BCUT2D eigenvalue weighted by atomic mass is 32.1. The Balaban J connectivity index is 1.45. The standard InChI is InChI=1S/C23H19N3O3S/c1-2-11-28-18-9-7-16(8-10-18)21-24-23-26(25-21)22(27)20(30-23)13-15-12-17-5-3-4-6-19(17)29-14-15/h3-10,12-13H,2,11,14H2,1H3. The lowest BCUT2D eigenvalue weighted by atomic mass is 10.1. The maximum Gasteiger partial charge on any atom is 0.291 e. The van der Waals surface area contributed by atoms with Gasteiger partial charge in [0.1, 0.15) is 18.1 Å². The zero-order valence-electron chi connectivity index (χ0n) is 16.4.